The molecule has 0 saturated carbocycles. The number of ether oxygens (including phenoxy) is 1. The number of benzene rings is 1. The Morgan fingerprint density at radius 3 is 2.71 bits per heavy atom. The number of likely N-dealkylation sites (tertiary alicyclic amines) is 1. The number of aromatic nitrogens is 2. The normalized spacial score (nSPS) is 21.0. The van der Waals surface area contributed by atoms with Gasteiger partial charge in [0, 0.05) is 25.6 Å². The van der Waals surface area contributed by atoms with Gasteiger partial charge in [-0.2, -0.15) is 0 Å². The summed E-state index contributed by atoms with van der Waals surface area (Å²) in [6.07, 6.45) is 11.3. The number of nitrogens with one attached hydrogen (secondary N) is 1. The van der Waals surface area contributed by atoms with E-state index in [1.165, 1.54) is 31.3 Å². The lowest BCUT2D eigenvalue weighted by Gasteiger charge is -2.31. The molecule has 1 aromatic carbocycles. The van der Waals surface area contributed by atoms with Gasteiger partial charge in [0.05, 0.1) is 25.2 Å². The predicted octanol–water partition coefficient (Wildman–Crippen LogP) is 4.01. The van der Waals surface area contributed by atoms with Crippen LogP contribution in [0.2, 0.25) is 0 Å². The zero-order chi connectivity index (χ0) is 23.3. The van der Waals surface area contributed by atoms with Crippen LogP contribution >= 0.6 is 0 Å². The summed E-state index contributed by atoms with van der Waals surface area (Å²) in [7, 11) is 0. The molecule has 180 valence electrons. The number of hydrogen-bond acceptors (Lipinski definition) is 4. The molecule has 1 saturated heterocycles. The monoisotopic (exact) mass is 462 g/mol. The van der Waals surface area contributed by atoms with E-state index in [4.69, 9.17) is 4.74 Å². The van der Waals surface area contributed by atoms with Crippen molar-refractivity contribution in [2.75, 3.05) is 19.6 Å². The average molecular weight is 463 g/mol. The predicted molar refractivity (Wildman–Crippen MR) is 129 cm³/mol. The van der Waals surface area contributed by atoms with Gasteiger partial charge < -0.3 is 19.5 Å². The number of piperidine rings is 1. The van der Waals surface area contributed by atoms with Gasteiger partial charge in [0.2, 0.25) is 5.91 Å². The molecule has 3 aliphatic rings. The van der Waals surface area contributed by atoms with E-state index in [-0.39, 0.29) is 23.8 Å². The highest BCUT2D eigenvalue weighted by Crippen LogP contribution is 2.29. The first kappa shape index (κ1) is 22.8. The third-order valence-corrected chi connectivity index (χ3v) is 7.39. The SMILES string of the molecule is O=C(NCCC1=CCCCC1)C1CCN(C(=O)c2ncn3c2CO[C@@H](c2ccccc2)C3)CC1. The van der Waals surface area contributed by atoms with Crippen molar-refractivity contribution in [2.24, 2.45) is 5.92 Å². The van der Waals surface area contributed by atoms with E-state index in [2.05, 4.69) is 28.5 Å². The largest absolute Gasteiger partial charge is 0.365 e. The number of fused-ring (bicyclic) bond motifs is 1. The van der Waals surface area contributed by atoms with Gasteiger partial charge in [-0.25, -0.2) is 4.98 Å². The molecular weight excluding hydrogens is 428 g/mol. The number of rotatable bonds is 6. The van der Waals surface area contributed by atoms with Crippen LogP contribution < -0.4 is 5.32 Å². The molecule has 1 atom stereocenters. The summed E-state index contributed by atoms with van der Waals surface area (Å²) in [4.78, 5) is 32.1. The van der Waals surface area contributed by atoms with Crippen LogP contribution in [0.1, 0.15) is 72.8 Å². The van der Waals surface area contributed by atoms with Gasteiger partial charge in [0.25, 0.3) is 5.91 Å². The number of nitrogens with zero attached hydrogens (tertiary/aromatic N) is 3. The number of carbonyl (C=O) groups excluding carboxylic acids is 2. The highest BCUT2D eigenvalue weighted by atomic mass is 16.5. The zero-order valence-electron chi connectivity index (χ0n) is 19.7. The Hall–Kier alpha value is -2.93. The van der Waals surface area contributed by atoms with Crippen molar-refractivity contribution in [3.8, 4) is 0 Å². The maximum Gasteiger partial charge on any atom is 0.274 e. The maximum atomic E-state index is 13.2. The number of amides is 2. The van der Waals surface area contributed by atoms with Crippen molar-refractivity contribution in [2.45, 2.75) is 64.2 Å². The molecule has 7 heteroatoms. The summed E-state index contributed by atoms with van der Waals surface area (Å²) in [6, 6.07) is 10.1. The second-order valence-electron chi connectivity index (χ2n) is 9.62. The van der Waals surface area contributed by atoms with Gasteiger partial charge in [-0.15, -0.1) is 0 Å². The topological polar surface area (TPSA) is 76.5 Å². The quantitative estimate of drug-likeness (QED) is 0.658. The van der Waals surface area contributed by atoms with Crippen LogP contribution in [0, 0.1) is 5.92 Å². The molecule has 0 spiro atoms. The molecular formula is C27H34N4O3. The first-order valence-electron chi connectivity index (χ1n) is 12.6. The molecule has 2 amide bonds. The highest BCUT2D eigenvalue weighted by molar-refractivity contribution is 5.93. The molecule has 2 aromatic rings. The Morgan fingerprint density at radius 2 is 1.94 bits per heavy atom. The van der Waals surface area contributed by atoms with E-state index in [9.17, 15) is 9.59 Å². The molecule has 3 heterocycles. The average Bonchev–Trinajstić information content (AvgIpc) is 3.33. The molecule has 1 N–H and O–H groups in total. The molecule has 0 radical (unpaired) electrons. The zero-order valence-corrected chi connectivity index (χ0v) is 19.7. The van der Waals surface area contributed by atoms with Crippen LogP contribution in [0.15, 0.2) is 48.3 Å². The van der Waals surface area contributed by atoms with Crippen LogP contribution in [-0.2, 0) is 22.7 Å². The van der Waals surface area contributed by atoms with Crippen molar-refractivity contribution in [1.29, 1.82) is 0 Å². The molecule has 1 fully saturated rings. The van der Waals surface area contributed by atoms with Crippen molar-refractivity contribution < 1.29 is 14.3 Å². The Kier molecular flexibility index (Phi) is 7.09. The van der Waals surface area contributed by atoms with Crippen LogP contribution in [0.4, 0.5) is 0 Å². The fraction of sp³-hybridized carbons (Fsp3) is 0.519. The van der Waals surface area contributed by atoms with E-state index in [0.29, 0.717) is 51.3 Å². The lowest BCUT2D eigenvalue weighted by molar-refractivity contribution is -0.126. The Morgan fingerprint density at radius 1 is 1.12 bits per heavy atom. The van der Waals surface area contributed by atoms with Gasteiger partial charge in [0.15, 0.2) is 5.69 Å². The van der Waals surface area contributed by atoms with E-state index >= 15 is 0 Å². The number of hydrogen-bond donors (Lipinski definition) is 1. The lowest BCUT2D eigenvalue weighted by Crippen LogP contribution is -2.43. The summed E-state index contributed by atoms with van der Waals surface area (Å²) in [5.41, 5.74) is 3.93. The fourth-order valence-corrected chi connectivity index (χ4v) is 5.29. The molecule has 2 aliphatic heterocycles. The van der Waals surface area contributed by atoms with Crippen molar-refractivity contribution in [3.63, 3.8) is 0 Å². The van der Waals surface area contributed by atoms with E-state index in [1.807, 2.05) is 27.7 Å². The van der Waals surface area contributed by atoms with Gasteiger partial charge in [0.1, 0.15) is 6.10 Å². The minimum atomic E-state index is -0.0568. The van der Waals surface area contributed by atoms with Gasteiger partial charge in [-0.3, -0.25) is 9.59 Å². The van der Waals surface area contributed by atoms with E-state index in [1.54, 1.807) is 6.33 Å². The molecule has 5 rings (SSSR count). The third kappa shape index (κ3) is 5.09. The van der Waals surface area contributed by atoms with Crippen molar-refractivity contribution >= 4 is 11.8 Å². The first-order valence-corrected chi connectivity index (χ1v) is 12.6. The third-order valence-electron chi connectivity index (χ3n) is 7.39. The van der Waals surface area contributed by atoms with E-state index in [0.717, 1.165) is 17.7 Å². The van der Waals surface area contributed by atoms with Crippen LogP contribution in [0.5, 0.6) is 0 Å². The molecule has 1 aromatic heterocycles. The molecule has 34 heavy (non-hydrogen) atoms. The van der Waals surface area contributed by atoms with Crippen LogP contribution in [0.3, 0.4) is 0 Å². The first-order chi connectivity index (χ1) is 16.7. The Labute approximate surface area is 201 Å². The fourth-order valence-electron chi connectivity index (χ4n) is 5.29. The summed E-state index contributed by atoms with van der Waals surface area (Å²) in [6.45, 7) is 2.91. The summed E-state index contributed by atoms with van der Waals surface area (Å²) in [5, 5.41) is 3.11. The molecule has 0 bridgehead atoms. The second-order valence-corrected chi connectivity index (χ2v) is 9.62. The molecule has 1 aliphatic carbocycles. The summed E-state index contributed by atoms with van der Waals surface area (Å²) >= 11 is 0. The Bertz CT molecular complexity index is 1040. The highest BCUT2D eigenvalue weighted by Gasteiger charge is 2.32. The van der Waals surface area contributed by atoms with Gasteiger partial charge >= 0.3 is 0 Å². The maximum absolute atomic E-state index is 13.2. The van der Waals surface area contributed by atoms with Crippen molar-refractivity contribution in [3.05, 3.63) is 65.3 Å². The van der Waals surface area contributed by atoms with Crippen molar-refractivity contribution in [1.82, 2.24) is 19.8 Å². The lowest BCUT2D eigenvalue weighted by atomic mass is 9.95. The second kappa shape index (κ2) is 10.6. The number of carbonyl (C=O) groups is 2. The minimum Gasteiger partial charge on any atom is -0.365 e. The van der Waals surface area contributed by atoms with Crippen LogP contribution in [0.25, 0.3) is 0 Å². The number of allylic oxidation sites excluding steroid dienone is 1. The standard InChI is InChI=1S/C27H34N4O3/c32-26(28-14-11-20-7-3-1-4-8-20)22-12-15-30(16-13-22)27(33)25-23-18-34-24(17-31(23)19-29-25)21-9-5-2-6-10-21/h2,5-7,9-10,19,22,24H,1,3-4,8,11-18H2,(H,28,32)/t24-/m1/s1. The Balaban J connectivity index is 1.11. The minimum absolute atomic E-state index is 0.0183. The van der Waals surface area contributed by atoms with E-state index < -0.39 is 0 Å². The molecule has 0 unspecified atom stereocenters. The molecule has 7 nitrogen and oxygen atoms in total. The van der Waals surface area contributed by atoms with Gasteiger partial charge in [-0.05, 0) is 50.5 Å². The van der Waals surface area contributed by atoms with Crippen LogP contribution in [-0.4, -0.2) is 45.9 Å². The summed E-state index contributed by atoms with van der Waals surface area (Å²) < 4.78 is 8.11. The summed E-state index contributed by atoms with van der Waals surface area (Å²) in [5.74, 6) is 0.0529. The smallest absolute Gasteiger partial charge is 0.274 e. The number of imidazole rings is 1. The van der Waals surface area contributed by atoms with Gasteiger partial charge in [-0.1, -0.05) is 42.0 Å².